The van der Waals surface area contributed by atoms with E-state index in [0.717, 1.165) is 57.7 Å². The normalized spacial score (nSPS) is 18.7. The quantitative estimate of drug-likeness (QED) is 0.645. The molecule has 29 heavy (non-hydrogen) atoms. The lowest BCUT2D eigenvalue weighted by Crippen LogP contribution is -2.51. The molecule has 5 rings (SSSR count). The predicted octanol–water partition coefficient (Wildman–Crippen LogP) is 3.35. The fourth-order valence-electron chi connectivity index (χ4n) is 4.15. The molecule has 0 radical (unpaired) electrons. The number of furan rings is 1. The Balaban J connectivity index is 1.18. The van der Waals surface area contributed by atoms with Crippen LogP contribution in [0.1, 0.15) is 24.1 Å². The highest BCUT2D eigenvalue weighted by molar-refractivity contribution is 5.91. The van der Waals surface area contributed by atoms with Crippen molar-refractivity contribution >= 4 is 5.91 Å². The molecule has 0 unspecified atom stereocenters. The van der Waals surface area contributed by atoms with Gasteiger partial charge in [0.05, 0.1) is 17.4 Å². The molecule has 6 heteroatoms. The molecular formula is C23H25N3O3. The minimum absolute atomic E-state index is 0.194. The molecule has 2 fully saturated rings. The molecule has 1 amide bonds. The predicted molar refractivity (Wildman–Crippen MR) is 108 cm³/mol. The van der Waals surface area contributed by atoms with E-state index in [1.165, 1.54) is 5.56 Å². The fraction of sp³-hybridized carbons (Fsp3) is 0.391. The van der Waals surface area contributed by atoms with E-state index in [4.69, 9.17) is 8.94 Å². The van der Waals surface area contributed by atoms with Gasteiger partial charge in [0.2, 0.25) is 11.7 Å². The van der Waals surface area contributed by atoms with E-state index >= 15 is 0 Å². The first-order chi connectivity index (χ1) is 14.2. The molecule has 2 aliphatic rings. The lowest BCUT2D eigenvalue weighted by molar-refractivity contribution is -0.135. The largest absolute Gasteiger partial charge is 0.461 e. The summed E-state index contributed by atoms with van der Waals surface area (Å²) < 4.78 is 10.8. The van der Waals surface area contributed by atoms with E-state index in [1.54, 1.807) is 6.26 Å². The Morgan fingerprint density at radius 2 is 1.79 bits per heavy atom. The standard InChI is InChI=1S/C23H25N3O3/c27-22(23(9-10-23)21-17-20(29-24-21)19-7-4-16-28-19)26-14-12-25(13-15-26)11-8-18-5-2-1-3-6-18/h1-7,16-17H,8-15H2. The van der Waals surface area contributed by atoms with Crippen molar-refractivity contribution in [2.45, 2.75) is 24.7 Å². The highest BCUT2D eigenvalue weighted by Gasteiger charge is 2.55. The number of hydrogen-bond donors (Lipinski definition) is 0. The highest BCUT2D eigenvalue weighted by atomic mass is 16.5. The number of nitrogens with zero attached hydrogens (tertiary/aromatic N) is 3. The first-order valence-electron chi connectivity index (χ1n) is 10.3. The van der Waals surface area contributed by atoms with Crippen molar-refractivity contribution in [3.8, 4) is 11.5 Å². The van der Waals surface area contributed by atoms with Gasteiger partial charge in [0, 0.05) is 38.8 Å². The van der Waals surface area contributed by atoms with Gasteiger partial charge in [-0.25, -0.2) is 0 Å². The van der Waals surface area contributed by atoms with Gasteiger partial charge in [0.25, 0.3) is 0 Å². The van der Waals surface area contributed by atoms with Crippen molar-refractivity contribution in [1.82, 2.24) is 15.0 Å². The number of amides is 1. The molecule has 0 spiro atoms. The summed E-state index contributed by atoms with van der Waals surface area (Å²) in [5.74, 6) is 1.41. The van der Waals surface area contributed by atoms with E-state index in [9.17, 15) is 4.79 Å². The number of carbonyl (C=O) groups is 1. The van der Waals surface area contributed by atoms with Crippen molar-refractivity contribution in [1.29, 1.82) is 0 Å². The van der Waals surface area contributed by atoms with Crippen LogP contribution in [0.3, 0.4) is 0 Å². The molecule has 1 aliphatic heterocycles. The zero-order chi connectivity index (χ0) is 19.7. The van der Waals surface area contributed by atoms with Crippen molar-refractivity contribution in [2.24, 2.45) is 0 Å². The molecule has 0 N–H and O–H groups in total. The van der Waals surface area contributed by atoms with Gasteiger partial charge in [0.1, 0.15) is 0 Å². The molecule has 0 bridgehead atoms. The first kappa shape index (κ1) is 18.2. The molecule has 0 atom stereocenters. The Morgan fingerprint density at radius 3 is 2.48 bits per heavy atom. The van der Waals surface area contributed by atoms with Crippen molar-refractivity contribution in [3.05, 3.63) is 66.1 Å². The molecule has 150 valence electrons. The Kier molecular flexibility index (Phi) is 4.72. The topological polar surface area (TPSA) is 62.7 Å². The summed E-state index contributed by atoms with van der Waals surface area (Å²) in [6, 6.07) is 16.1. The molecule has 1 saturated heterocycles. The second-order valence-corrected chi connectivity index (χ2v) is 8.01. The summed E-state index contributed by atoms with van der Waals surface area (Å²) in [6.07, 6.45) is 4.33. The van der Waals surface area contributed by atoms with E-state index in [0.29, 0.717) is 11.5 Å². The number of piperazine rings is 1. The first-order valence-corrected chi connectivity index (χ1v) is 10.3. The molecule has 1 saturated carbocycles. The number of rotatable bonds is 6. The zero-order valence-electron chi connectivity index (χ0n) is 16.4. The van der Waals surface area contributed by atoms with Gasteiger partial charge in [-0.15, -0.1) is 0 Å². The average molecular weight is 391 g/mol. The van der Waals surface area contributed by atoms with Gasteiger partial charge in [0.15, 0.2) is 5.76 Å². The van der Waals surface area contributed by atoms with Gasteiger partial charge < -0.3 is 13.8 Å². The molecule has 1 aliphatic carbocycles. The maximum absolute atomic E-state index is 13.3. The molecule has 6 nitrogen and oxygen atoms in total. The van der Waals surface area contributed by atoms with Crippen LogP contribution in [0, 0.1) is 0 Å². The van der Waals surface area contributed by atoms with E-state index in [-0.39, 0.29) is 5.91 Å². The lowest BCUT2D eigenvalue weighted by atomic mass is 9.99. The van der Waals surface area contributed by atoms with E-state index in [2.05, 4.69) is 34.3 Å². The van der Waals surface area contributed by atoms with Crippen LogP contribution in [0.25, 0.3) is 11.5 Å². The monoisotopic (exact) mass is 391 g/mol. The van der Waals surface area contributed by atoms with Gasteiger partial charge in [-0.05, 0) is 37.0 Å². The maximum atomic E-state index is 13.3. The van der Waals surface area contributed by atoms with Crippen LogP contribution in [-0.2, 0) is 16.6 Å². The Hall–Kier alpha value is -2.86. The smallest absolute Gasteiger partial charge is 0.235 e. The summed E-state index contributed by atoms with van der Waals surface area (Å²) in [7, 11) is 0. The van der Waals surface area contributed by atoms with Crippen molar-refractivity contribution in [3.63, 3.8) is 0 Å². The Morgan fingerprint density at radius 1 is 1.00 bits per heavy atom. The van der Waals surface area contributed by atoms with Crippen LogP contribution in [-0.4, -0.2) is 53.6 Å². The third-order valence-electron chi connectivity index (χ3n) is 6.14. The minimum atomic E-state index is -0.499. The number of aromatic nitrogens is 1. The Bertz CT molecular complexity index is 952. The summed E-state index contributed by atoms with van der Waals surface area (Å²) in [4.78, 5) is 17.7. The van der Waals surface area contributed by atoms with Crippen LogP contribution in [0.5, 0.6) is 0 Å². The number of benzene rings is 1. The van der Waals surface area contributed by atoms with Gasteiger partial charge in [-0.2, -0.15) is 0 Å². The number of hydrogen-bond acceptors (Lipinski definition) is 5. The summed E-state index contributed by atoms with van der Waals surface area (Å²) in [5, 5.41) is 4.21. The summed E-state index contributed by atoms with van der Waals surface area (Å²) >= 11 is 0. The second kappa shape index (κ2) is 7.52. The van der Waals surface area contributed by atoms with Gasteiger partial charge >= 0.3 is 0 Å². The summed E-state index contributed by atoms with van der Waals surface area (Å²) in [6.45, 7) is 4.43. The van der Waals surface area contributed by atoms with E-state index in [1.807, 2.05) is 29.2 Å². The van der Waals surface area contributed by atoms with Crippen LogP contribution < -0.4 is 0 Å². The second-order valence-electron chi connectivity index (χ2n) is 8.01. The minimum Gasteiger partial charge on any atom is -0.461 e. The molecule has 2 aromatic heterocycles. The fourth-order valence-corrected chi connectivity index (χ4v) is 4.15. The third-order valence-corrected chi connectivity index (χ3v) is 6.14. The van der Waals surface area contributed by atoms with Crippen LogP contribution in [0.4, 0.5) is 0 Å². The molecule has 3 heterocycles. The van der Waals surface area contributed by atoms with Crippen molar-refractivity contribution in [2.75, 3.05) is 32.7 Å². The maximum Gasteiger partial charge on any atom is 0.235 e. The zero-order valence-corrected chi connectivity index (χ0v) is 16.4. The molecular weight excluding hydrogens is 366 g/mol. The van der Waals surface area contributed by atoms with Crippen LogP contribution in [0.2, 0.25) is 0 Å². The average Bonchev–Trinajstić information content (AvgIpc) is 3.17. The molecule has 1 aromatic carbocycles. The Labute approximate surface area is 170 Å². The van der Waals surface area contributed by atoms with Crippen LogP contribution in [0.15, 0.2) is 63.7 Å². The molecule has 3 aromatic rings. The SMILES string of the molecule is O=C(N1CCN(CCc2ccccc2)CC1)C1(c2cc(-c3ccco3)on2)CC1. The van der Waals surface area contributed by atoms with Crippen molar-refractivity contribution < 1.29 is 13.7 Å². The van der Waals surface area contributed by atoms with Crippen LogP contribution >= 0.6 is 0 Å². The highest BCUT2D eigenvalue weighted by Crippen LogP contribution is 2.50. The number of carbonyl (C=O) groups excluding carboxylic acids is 1. The lowest BCUT2D eigenvalue weighted by Gasteiger charge is -2.36. The third kappa shape index (κ3) is 3.60. The van der Waals surface area contributed by atoms with E-state index < -0.39 is 5.41 Å². The summed E-state index contributed by atoms with van der Waals surface area (Å²) in [5.41, 5.74) is 1.60. The van der Waals surface area contributed by atoms with Gasteiger partial charge in [-0.1, -0.05) is 35.5 Å². The van der Waals surface area contributed by atoms with Gasteiger partial charge in [-0.3, -0.25) is 9.69 Å².